The van der Waals surface area contributed by atoms with E-state index >= 15 is 0 Å². The topological polar surface area (TPSA) is 131 Å². The van der Waals surface area contributed by atoms with Gasteiger partial charge >= 0.3 is 5.69 Å². The standard InChI is InChI=1S/C22H28FN5O5/c1-13(2)11-28-19(24)18(20(30)25-22(28)32)26(8-9-33-3)21(31)14-10-17(29)27(12-14)16-7-5-4-6-15(16)23/h4-7,13-14H,8-12,24H2,1-3H3,(H,25,30,32). The Morgan fingerprint density at radius 3 is 2.64 bits per heavy atom. The number of aromatic amines is 1. The minimum atomic E-state index is -0.835. The molecule has 0 spiro atoms. The average molecular weight is 461 g/mol. The first kappa shape index (κ1) is 24.2. The molecule has 1 aromatic heterocycles. The Bertz CT molecular complexity index is 1160. The summed E-state index contributed by atoms with van der Waals surface area (Å²) in [6, 6.07) is 5.81. The van der Waals surface area contributed by atoms with Crippen molar-refractivity contribution in [3.05, 3.63) is 50.9 Å². The van der Waals surface area contributed by atoms with Crippen LogP contribution in [0.15, 0.2) is 33.9 Å². The Morgan fingerprint density at radius 2 is 2.00 bits per heavy atom. The van der Waals surface area contributed by atoms with Crippen LogP contribution in [0, 0.1) is 17.7 Å². The van der Waals surface area contributed by atoms with Gasteiger partial charge in [0.15, 0.2) is 5.69 Å². The van der Waals surface area contributed by atoms with Gasteiger partial charge in [0, 0.05) is 33.2 Å². The summed E-state index contributed by atoms with van der Waals surface area (Å²) in [7, 11) is 1.44. The van der Waals surface area contributed by atoms with Gasteiger partial charge in [0.2, 0.25) is 11.8 Å². The van der Waals surface area contributed by atoms with Crippen molar-refractivity contribution in [2.75, 3.05) is 42.3 Å². The highest BCUT2D eigenvalue weighted by atomic mass is 19.1. The second kappa shape index (κ2) is 9.99. The van der Waals surface area contributed by atoms with Crippen molar-refractivity contribution in [2.45, 2.75) is 26.8 Å². The second-order valence-corrected chi connectivity index (χ2v) is 8.34. The largest absolute Gasteiger partial charge is 0.383 e. The van der Waals surface area contributed by atoms with Crippen LogP contribution in [0.1, 0.15) is 20.3 Å². The smallest absolute Gasteiger partial charge is 0.330 e. The molecule has 1 aliphatic heterocycles. The van der Waals surface area contributed by atoms with Crippen molar-refractivity contribution in [3.63, 3.8) is 0 Å². The molecule has 10 nitrogen and oxygen atoms in total. The summed E-state index contributed by atoms with van der Waals surface area (Å²) in [6.45, 7) is 4.02. The summed E-state index contributed by atoms with van der Waals surface area (Å²) in [5.41, 5.74) is 4.63. The number of methoxy groups -OCH3 is 1. The minimum absolute atomic E-state index is 0.0209. The van der Waals surface area contributed by atoms with Crippen LogP contribution in [0.25, 0.3) is 0 Å². The van der Waals surface area contributed by atoms with E-state index in [0.29, 0.717) is 0 Å². The van der Waals surface area contributed by atoms with Gasteiger partial charge in [0.05, 0.1) is 18.2 Å². The summed E-state index contributed by atoms with van der Waals surface area (Å²) in [4.78, 5) is 55.7. The van der Waals surface area contributed by atoms with Gasteiger partial charge in [0.1, 0.15) is 11.6 Å². The number of ether oxygens (including phenoxy) is 1. The van der Waals surface area contributed by atoms with Gasteiger partial charge in [-0.1, -0.05) is 26.0 Å². The zero-order chi connectivity index (χ0) is 24.3. The van der Waals surface area contributed by atoms with Crippen molar-refractivity contribution < 1.29 is 18.7 Å². The van der Waals surface area contributed by atoms with E-state index in [2.05, 4.69) is 4.98 Å². The Kier molecular flexibility index (Phi) is 7.32. The number of nitrogens with two attached hydrogens (primary N) is 1. The highest BCUT2D eigenvalue weighted by Gasteiger charge is 2.39. The van der Waals surface area contributed by atoms with E-state index < -0.39 is 34.8 Å². The van der Waals surface area contributed by atoms with Crippen molar-refractivity contribution >= 4 is 29.0 Å². The van der Waals surface area contributed by atoms with Crippen LogP contribution in [0.5, 0.6) is 0 Å². The molecule has 1 atom stereocenters. The minimum Gasteiger partial charge on any atom is -0.383 e. The maximum Gasteiger partial charge on any atom is 0.330 e. The van der Waals surface area contributed by atoms with Crippen molar-refractivity contribution in [1.29, 1.82) is 0 Å². The number of nitrogen functional groups attached to an aromatic ring is 1. The average Bonchev–Trinajstić information content (AvgIpc) is 3.14. The Morgan fingerprint density at radius 1 is 1.30 bits per heavy atom. The van der Waals surface area contributed by atoms with Gasteiger partial charge in [-0.25, -0.2) is 9.18 Å². The molecule has 1 aromatic carbocycles. The molecular formula is C22H28FN5O5. The van der Waals surface area contributed by atoms with Crippen LogP contribution in [0.2, 0.25) is 0 Å². The fourth-order valence-corrected chi connectivity index (χ4v) is 3.90. The van der Waals surface area contributed by atoms with Crippen molar-refractivity contribution in [1.82, 2.24) is 9.55 Å². The number of amides is 2. The Hall–Kier alpha value is -3.47. The predicted molar refractivity (Wildman–Crippen MR) is 122 cm³/mol. The zero-order valence-corrected chi connectivity index (χ0v) is 18.8. The lowest BCUT2D eigenvalue weighted by Crippen LogP contribution is -2.45. The van der Waals surface area contributed by atoms with Crippen LogP contribution in [-0.4, -0.2) is 48.2 Å². The molecule has 1 fully saturated rings. The number of benzene rings is 1. The van der Waals surface area contributed by atoms with E-state index in [1.807, 2.05) is 13.8 Å². The van der Waals surface area contributed by atoms with Gasteiger partial charge in [-0.3, -0.25) is 23.9 Å². The summed E-state index contributed by atoms with van der Waals surface area (Å²) >= 11 is 0. The van der Waals surface area contributed by atoms with E-state index in [1.54, 1.807) is 6.07 Å². The lowest BCUT2D eigenvalue weighted by Gasteiger charge is -2.27. The molecule has 0 radical (unpaired) electrons. The highest BCUT2D eigenvalue weighted by molar-refractivity contribution is 6.05. The molecule has 1 aliphatic rings. The fourth-order valence-electron chi connectivity index (χ4n) is 3.90. The quantitative estimate of drug-likeness (QED) is 0.602. The number of rotatable bonds is 8. The maximum absolute atomic E-state index is 14.2. The Labute approximate surface area is 189 Å². The third kappa shape index (κ3) is 4.98. The van der Waals surface area contributed by atoms with E-state index in [-0.39, 0.29) is 55.8 Å². The molecule has 1 saturated heterocycles. The van der Waals surface area contributed by atoms with Gasteiger partial charge in [-0.2, -0.15) is 0 Å². The second-order valence-electron chi connectivity index (χ2n) is 8.34. The highest BCUT2D eigenvalue weighted by Crippen LogP contribution is 2.30. The number of aromatic nitrogens is 2. The molecule has 2 amide bonds. The molecule has 11 heteroatoms. The van der Waals surface area contributed by atoms with Crippen molar-refractivity contribution in [3.8, 4) is 0 Å². The molecule has 33 heavy (non-hydrogen) atoms. The number of hydrogen-bond donors (Lipinski definition) is 2. The van der Waals surface area contributed by atoms with Crippen LogP contribution in [-0.2, 0) is 20.9 Å². The number of halogens is 1. The lowest BCUT2D eigenvalue weighted by molar-refractivity contribution is -0.124. The summed E-state index contributed by atoms with van der Waals surface area (Å²) < 4.78 is 20.5. The molecule has 1 unspecified atom stereocenters. The number of para-hydroxylation sites is 1. The van der Waals surface area contributed by atoms with Crippen LogP contribution in [0.3, 0.4) is 0 Å². The third-order valence-electron chi connectivity index (χ3n) is 5.43. The molecule has 0 aliphatic carbocycles. The molecule has 178 valence electrons. The number of carbonyl (C=O) groups excluding carboxylic acids is 2. The maximum atomic E-state index is 14.2. The monoisotopic (exact) mass is 461 g/mol. The normalized spacial score (nSPS) is 16.0. The summed E-state index contributed by atoms with van der Waals surface area (Å²) in [5.74, 6) is -2.44. The van der Waals surface area contributed by atoms with Gasteiger partial charge in [0.25, 0.3) is 5.56 Å². The molecule has 3 N–H and O–H groups in total. The third-order valence-corrected chi connectivity index (χ3v) is 5.43. The number of anilines is 3. The number of H-pyrrole nitrogens is 1. The van der Waals surface area contributed by atoms with E-state index in [0.717, 1.165) is 4.90 Å². The molecule has 0 saturated carbocycles. The van der Waals surface area contributed by atoms with E-state index in [1.165, 1.54) is 34.8 Å². The number of carbonyl (C=O) groups is 2. The molecular weight excluding hydrogens is 433 g/mol. The lowest BCUT2D eigenvalue weighted by atomic mass is 10.1. The van der Waals surface area contributed by atoms with Crippen LogP contribution >= 0.6 is 0 Å². The first-order chi connectivity index (χ1) is 15.6. The number of nitrogens with zero attached hydrogens (tertiary/aromatic N) is 3. The first-order valence-electron chi connectivity index (χ1n) is 10.6. The van der Waals surface area contributed by atoms with E-state index in [4.69, 9.17) is 10.5 Å². The van der Waals surface area contributed by atoms with Crippen LogP contribution in [0.4, 0.5) is 21.6 Å². The Balaban J connectivity index is 1.98. The van der Waals surface area contributed by atoms with Gasteiger partial charge < -0.3 is 20.3 Å². The van der Waals surface area contributed by atoms with Gasteiger partial charge in [-0.05, 0) is 18.1 Å². The fraction of sp³-hybridized carbons (Fsp3) is 0.455. The predicted octanol–water partition coefficient (Wildman–Crippen LogP) is 0.946. The summed E-state index contributed by atoms with van der Waals surface area (Å²) in [5, 5.41) is 0. The number of hydrogen-bond acceptors (Lipinski definition) is 6. The van der Waals surface area contributed by atoms with E-state index in [9.17, 15) is 23.6 Å². The first-order valence-corrected chi connectivity index (χ1v) is 10.6. The molecule has 2 aromatic rings. The van der Waals surface area contributed by atoms with Gasteiger partial charge in [-0.15, -0.1) is 0 Å². The zero-order valence-electron chi connectivity index (χ0n) is 18.8. The molecule has 3 rings (SSSR count). The SMILES string of the molecule is COCCN(C(=O)C1CC(=O)N(c2ccccc2F)C1)c1c(N)n(CC(C)C)c(=O)[nH]c1=O. The van der Waals surface area contributed by atoms with Crippen LogP contribution < -0.4 is 26.8 Å². The number of nitrogens with one attached hydrogen (secondary N) is 1. The molecule has 2 heterocycles. The summed E-state index contributed by atoms with van der Waals surface area (Å²) in [6.07, 6.45) is -0.153. The molecule has 0 bridgehead atoms. The van der Waals surface area contributed by atoms with Crippen molar-refractivity contribution in [2.24, 2.45) is 11.8 Å².